The summed E-state index contributed by atoms with van der Waals surface area (Å²) in [5.74, 6) is -5.91. The van der Waals surface area contributed by atoms with Gasteiger partial charge in [-0.2, -0.15) is 0 Å². The van der Waals surface area contributed by atoms with Gasteiger partial charge in [0, 0.05) is 0 Å². The molecule has 4 rings (SSSR count). The van der Waals surface area contributed by atoms with Gasteiger partial charge in [-0.3, -0.25) is 0 Å². The van der Waals surface area contributed by atoms with Gasteiger partial charge in [-0.05, 0) is 84.7 Å². The van der Waals surface area contributed by atoms with E-state index >= 15 is 8.78 Å². The lowest BCUT2D eigenvalue weighted by Gasteiger charge is -2.41. The molecule has 2 aromatic rings. The Morgan fingerprint density at radius 3 is 2.25 bits per heavy atom. The van der Waals surface area contributed by atoms with Crippen LogP contribution in [-0.2, 0) is 6.42 Å². The molecule has 8 heteroatoms. The molecule has 2 aromatic carbocycles. The highest BCUT2D eigenvalue weighted by molar-refractivity contribution is 5.68. The molecule has 0 amide bonds. The average Bonchev–Trinajstić information content (AvgIpc) is 2.70. The molecule has 0 N–H and O–H groups in total. The maximum atomic E-state index is 15.4. The molecule has 1 nitrogen and oxygen atoms in total. The van der Waals surface area contributed by atoms with Crippen LogP contribution in [0.2, 0.25) is 0 Å². The first kappa shape index (κ1) is 22.9. The van der Waals surface area contributed by atoms with E-state index in [0.29, 0.717) is 41.5 Å². The minimum Gasteiger partial charge on any atom is -0.399 e. The van der Waals surface area contributed by atoms with Gasteiger partial charge in [0.2, 0.25) is 5.75 Å². The highest BCUT2D eigenvalue weighted by atomic mass is 19.4. The van der Waals surface area contributed by atoms with Crippen LogP contribution >= 0.6 is 0 Å². The van der Waals surface area contributed by atoms with Crippen LogP contribution in [-0.4, -0.2) is 6.36 Å². The molecule has 3 atom stereocenters. The summed E-state index contributed by atoms with van der Waals surface area (Å²) in [6.07, 6.45) is 0.936. The number of hydrogen-bond donors (Lipinski definition) is 0. The number of rotatable bonds is 4. The maximum absolute atomic E-state index is 15.4. The van der Waals surface area contributed by atoms with E-state index in [2.05, 4.69) is 11.7 Å². The molecule has 0 heterocycles. The fourth-order valence-electron chi connectivity index (χ4n) is 5.54. The van der Waals surface area contributed by atoms with E-state index in [1.807, 2.05) is 0 Å². The lowest BCUT2D eigenvalue weighted by atomic mass is 9.64. The molecule has 1 fully saturated rings. The predicted octanol–water partition coefficient (Wildman–Crippen LogP) is 8.05. The Morgan fingerprint density at radius 2 is 1.62 bits per heavy atom. The number of fused-ring (bicyclic) bond motifs is 3. The minimum absolute atomic E-state index is 0.0425. The second-order valence-corrected chi connectivity index (χ2v) is 8.80. The molecule has 0 radical (unpaired) electrons. The van der Waals surface area contributed by atoms with E-state index in [4.69, 9.17) is 0 Å². The second-order valence-electron chi connectivity index (χ2n) is 8.80. The lowest BCUT2D eigenvalue weighted by Crippen LogP contribution is -2.29. The normalized spacial score (nSPS) is 22.9. The summed E-state index contributed by atoms with van der Waals surface area (Å²) < 4.78 is 99.2. The molecular weight excluding hydrogens is 437 g/mol. The van der Waals surface area contributed by atoms with Crippen LogP contribution in [0.5, 0.6) is 5.75 Å². The van der Waals surface area contributed by atoms with Crippen molar-refractivity contribution in [1.29, 1.82) is 0 Å². The monoisotopic (exact) mass is 460 g/mol. The summed E-state index contributed by atoms with van der Waals surface area (Å²) in [6.45, 7) is 2.14. The summed E-state index contributed by atoms with van der Waals surface area (Å²) >= 11 is 0. The number of halogens is 7. The van der Waals surface area contributed by atoms with E-state index in [-0.39, 0.29) is 5.92 Å². The SMILES string of the molecule is CCC[C@@H]1CC[C@@H]2c3cc(F)c(-c4cc(F)c(OC(F)(F)F)c(F)c4)c(F)c3CC[C@@H]2C1. The van der Waals surface area contributed by atoms with Crippen molar-refractivity contribution in [2.24, 2.45) is 11.8 Å². The summed E-state index contributed by atoms with van der Waals surface area (Å²) in [6, 6.07) is 2.15. The standard InChI is InChI=1S/C24H23F7O/c1-2-3-12-4-6-15-13(8-12)5-7-16-17(15)11-18(25)21(22(16)28)14-9-19(26)23(20(27)10-14)32-24(29,30)31/h9-13,15H,2-8H2,1H3/t12-,13-,15+/m1/s1. The van der Waals surface area contributed by atoms with Gasteiger partial charge in [0.15, 0.2) is 11.6 Å². The highest BCUT2D eigenvalue weighted by Gasteiger charge is 2.38. The number of hydrogen-bond acceptors (Lipinski definition) is 1. The molecule has 2 aliphatic rings. The van der Waals surface area contributed by atoms with Crippen LogP contribution in [0.1, 0.15) is 62.5 Å². The molecule has 0 unspecified atom stereocenters. The van der Waals surface area contributed by atoms with Gasteiger partial charge >= 0.3 is 6.36 Å². The first-order valence-electron chi connectivity index (χ1n) is 10.8. The van der Waals surface area contributed by atoms with Crippen LogP contribution in [0.25, 0.3) is 11.1 Å². The first-order chi connectivity index (χ1) is 15.1. The van der Waals surface area contributed by atoms with Crippen molar-refractivity contribution < 1.29 is 35.5 Å². The summed E-state index contributed by atoms with van der Waals surface area (Å²) in [5.41, 5.74) is -0.222. The van der Waals surface area contributed by atoms with E-state index in [0.717, 1.165) is 38.5 Å². The third-order valence-electron chi connectivity index (χ3n) is 6.81. The molecule has 0 spiro atoms. The topological polar surface area (TPSA) is 9.23 Å². The van der Waals surface area contributed by atoms with E-state index in [1.165, 1.54) is 6.07 Å². The Hall–Kier alpha value is -2.25. The third-order valence-corrected chi connectivity index (χ3v) is 6.81. The summed E-state index contributed by atoms with van der Waals surface area (Å²) in [5, 5.41) is 0. The lowest BCUT2D eigenvalue weighted by molar-refractivity contribution is -0.276. The third kappa shape index (κ3) is 4.33. The number of benzene rings is 2. The molecule has 0 saturated heterocycles. The molecule has 2 aliphatic carbocycles. The van der Waals surface area contributed by atoms with Crippen molar-refractivity contribution in [2.45, 2.75) is 64.1 Å². The van der Waals surface area contributed by atoms with Gasteiger partial charge in [-0.25, -0.2) is 17.6 Å². The van der Waals surface area contributed by atoms with Crippen molar-refractivity contribution in [2.75, 3.05) is 0 Å². The zero-order valence-corrected chi connectivity index (χ0v) is 17.5. The van der Waals surface area contributed by atoms with Crippen LogP contribution in [0, 0.1) is 35.1 Å². The van der Waals surface area contributed by atoms with Gasteiger partial charge in [-0.15, -0.1) is 13.2 Å². The number of ether oxygens (including phenoxy) is 1. The molecule has 0 aliphatic heterocycles. The van der Waals surface area contributed by atoms with Gasteiger partial charge < -0.3 is 4.74 Å². The van der Waals surface area contributed by atoms with Crippen LogP contribution in [0.3, 0.4) is 0 Å². The molecule has 0 aromatic heterocycles. The van der Waals surface area contributed by atoms with Gasteiger partial charge in [0.25, 0.3) is 0 Å². The second kappa shape index (κ2) is 8.60. The minimum atomic E-state index is -5.31. The van der Waals surface area contributed by atoms with Gasteiger partial charge in [-0.1, -0.05) is 19.8 Å². The van der Waals surface area contributed by atoms with E-state index in [9.17, 15) is 22.0 Å². The quantitative estimate of drug-likeness (QED) is 0.420. The molecule has 32 heavy (non-hydrogen) atoms. The zero-order valence-electron chi connectivity index (χ0n) is 17.5. The Balaban J connectivity index is 1.70. The summed E-state index contributed by atoms with van der Waals surface area (Å²) in [7, 11) is 0. The van der Waals surface area contributed by atoms with Crippen molar-refractivity contribution in [1.82, 2.24) is 0 Å². The van der Waals surface area contributed by atoms with Gasteiger partial charge in [0.05, 0.1) is 5.56 Å². The Labute approximate surface area is 181 Å². The van der Waals surface area contributed by atoms with Crippen LogP contribution < -0.4 is 4.74 Å². The van der Waals surface area contributed by atoms with Crippen molar-refractivity contribution in [3.05, 3.63) is 52.6 Å². The van der Waals surface area contributed by atoms with E-state index < -0.39 is 46.5 Å². The largest absolute Gasteiger partial charge is 0.573 e. The first-order valence-corrected chi connectivity index (χ1v) is 10.8. The fraction of sp³-hybridized carbons (Fsp3) is 0.500. The smallest absolute Gasteiger partial charge is 0.399 e. The Bertz CT molecular complexity index is 991. The average molecular weight is 460 g/mol. The molecule has 0 bridgehead atoms. The fourth-order valence-corrected chi connectivity index (χ4v) is 5.54. The van der Waals surface area contributed by atoms with Crippen molar-refractivity contribution in [3.63, 3.8) is 0 Å². The maximum Gasteiger partial charge on any atom is 0.573 e. The Kier molecular flexibility index (Phi) is 6.16. The number of alkyl halides is 3. The predicted molar refractivity (Wildman–Crippen MR) is 105 cm³/mol. The van der Waals surface area contributed by atoms with Crippen LogP contribution in [0.4, 0.5) is 30.7 Å². The van der Waals surface area contributed by atoms with Gasteiger partial charge in [0.1, 0.15) is 11.6 Å². The Morgan fingerprint density at radius 1 is 0.938 bits per heavy atom. The molecular formula is C24H23F7O. The van der Waals surface area contributed by atoms with Crippen LogP contribution in [0.15, 0.2) is 18.2 Å². The van der Waals surface area contributed by atoms with Crippen molar-refractivity contribution >= 4 is 0 Å². The zero-order chi connectivity index (χ0) is 23.2. The highest BCUT2D eigenvalue weighted by Crippen LogP contribution is 2.49. The van der Waals surface area contributed by atoms with Crippen molar-refractivity contribution in [3.8, 4) is 16.9 Å². The molecule has 1 saturated carbocycles. The van der Waals surface area contributed by atoms with E-state index in [1.54, 1.807) is 0 Å². The summed E-state index contributed by atoms with van der Waals surface area (Å²) in [4.78, 5) is 0. The molecule has 174 valence electrons.